The van der Waals surface area contributed by atoms with Crippen LogP contribution in [0.15, 0.2) is 48.5 Å². The highest BCUT2D eigenvalue weighted by Gasteiger charge is 2.40. The number of carbonyl (C=O) groups is 2. The minimum absolute atomic E-state index is 0.0362. The van der Waals surface area contributed by atoms with Crippen LogP contribution in [0.3, 0.4) is 0 Å². The van der Waals surface area contributed by atoms with Gasteiger partial charge in [-0.15, -0.1) is 0 Å². The van der Waals surface area contributed by atoms with Crippen LogP contribution in [0, 0.1) is 0 Å². The van der Waals surface area contributed by atoms with Gasteiger partial charge in [0.05, 0.1) is 26.7 Å². The Hall–Kier alpha value is -2.82. The van der Waals surface area contributed by atoms with Crippen LogP contribution >= 0.6 is 0 Å². The number of amides is 1. The summed E-state index contributed by atoms with van der Waals surface area (Å²) in [6, 6.07) is 15.3. The molecule has 1 aliphatic rings. The molecule has 0 saturated carbocycles. The quantitative estimate of drug-likeness (QED) is 0.541. The lowest BCUT2D eigenvalue weighted by Crippen LogP contribution is -2.59. The van der Waals surface area contributed by atoms with Gasteiger partial charge in [0.25, 0.3) is 0 Å². The fraction of sp³-hybridized carbons (Fsp3) is 0.333. The predicted molar refractivity (Wildman–Crippen MR) is 98.5 cm³/mol. The molecule has 1 saturated heterocycles. The van der Waals surface area contributed by atoms with E-state index in [0.29, 0.717) is 19.3 Å². The van der Waals surface area contributed by atoms with Gasteiger partial charge in [-0.2, -0.15) is 0 Å². The van der Waals surface area contributed by atoms with Gasteiger partial charge in [0.2, 0.25) is 5.91 Å². The van der Waals surface area contributed by atoms with Crippen molar-refractivity contribution in [1.29, 1.82) is 0 Å². The molecule has 1 fully saturated rings. The minimum atomic E-state index is -0.316. The van der Waals surface area contributed by atoms with Gasteiger partial charge >= 0.3 is 0 Å². The summed E-state index contributed by atoms with van der Waals surface area (Å²) in [5, 5.41) is 0. The van der Waals surface area contributed by atoms with Gasteiger partial charge < -0.3 is 19.2 Å². The first kappa shape index (κ1) is 18.0. The molecule has 1 heterocycles. The standard InChI is InChI=1S/C21H23NO4/c1-25-19-7-3-15(4-8-19)11-17(22-18(14-23)13-21(22)24)12-16-5-9-20(26-2)10-6-16/h3-10,14,17-18H,11-13H2,1-2H3. The highest BCUT2D eigenvalue weighted by molar-refractivity contribution is 5.90. The zero-order valence-corrected chi connectivity index (χ0v) is 15.1. The Morgan fingerprint density at radius 3 is 1.77 bits per heavy atom. The van der Waals surface area contributed by atoms with E-state index in [0.717, 1.165) is 28.9 Å². The fourth-order valence-corrected chi connectivity index (χ4v) is 3.38. The maximum atomic E-state index is 12.1. The minimum Gasteiger partial charge on any atom is -0.497 e. The number of rotatable bonds is 8. The van der Waals surface area contributed by atoms with Crippen LogP contribution in [-0.4, -0.2) is 43.4 Å². The van der Waals surface area contributed by atoms with Crippen LogP contribution < -0.4 is 9.47 Å². The first-order chi connectivity index (χ1) is 12.6. The molecule has 0 spiro atoms. The molecule has 2 aromatic carbocycles. The number of likely N-dealkylation sites (tertiary alicyclic amines) is 1. The number of nitrogens with zero attached hydrogens (tertiary/aromatic N) is 1. The molecule has 3 rings (SSSR count). The molecule has 5 heteroatoms. The van der Waals surface area contributed by atoms with E-state index in [9.17, 15) is 9.59 Å². The largest absolute Gasteiger partial charge is 0.497 e. The highest BCUT2D eigenvalue weighted by atomic mass is 16.5. The van der Waals surface area contributed by atoms with Gasteiger partial charge in [-0.1, -0.05) is 24.3 Å². The van der Waals surface area contributed by atoms with Gasteiger partial charge in [0, 0.05) is 6.04 Å². The molecule has 1 unspecified atom stereocenters. The Morgan fingerprint density at radius 1 is 0.962 bits per heavy atom. The first-order valence-corrected chi connectivity index (χ1v) is 8.67. The smallest absolute Gasteiger partial charge is 0.225 e. The van der Waals surface area contributed by atoms with Crippen molar-refractivity contribution < 1.29 is 19.1 Å². The molecule has 0 N–H and O–H groups in total. The lowest BCUT2D eigenvalue weighted by molar-refractivity contribution is -0.152. The van der Waals surface area contributed by atoms with Crippen molar-refractivity contribution in [3.8, 4) is 11.5 Å². The second-order valence-corrected chi connectivity index (χ2v) is 6.47. The van der Waals surface area contributed by atoms with Crippen LogP contribution in [-0.2, 0) is 22.4 Å². The molecule has 1 amide bonds. The van der Waals surface area contributed by atoms with Crippen molar-refractivity contribution >= 4 is 12.2 Å². The van der Waals surface area contributed by atoms with E-state index in [2.05, 4.69) is 0 Å². The summed E-state index contributed by atoms with van der Waals surface area (Å²) >= 11 is 0. The molecule has 1 aliphatic heterocycles. The number of ether oxygens (including phenoxy) is 2. The number of carbonyl (C=O) groups excluding carboxylic acids is 2. The molecule has 136 valence electrons. The zero-order valence-electron chi connectivity index (χ0n) is 15.1. The highest BCUT2D eigenvalue weighted by Crippen LogP contribution is 2.26. The van der Waals surface area contributed by atoms with Crippen molar-refractivity contribution in [2.45, 2.75) is 31.3 Å². The third kappa shape index (κ3) is 3.87. The van der Waals surface area contributed by atoms with Crippen LogP contribution in [0.5, 0.6) is 11.5 Å². The number of benzene rings is 2. The van der Waals surface area contributed by atoms with Gasteiger partial charge in [-0.05, 0) is 48.2 Å². The van der Waals surface area contributed by atoms with Crippen molar-refractivity contribution in [3.05, 3.63) is 59.7 Å². The Kier molecular flexibility index (Phi) is 5.56. The Morgan fingerprint density at radius 2 is 1.42 bits per heavy atom. The number of aldehydes is 1. The normalized spacial score (nSPS) is 16.3. The monoisotopic (exact) mass is 353 g/mol. The van der Waals surface area contributed by atoms with Crippen molar-refractivity contribution in [2.24, 2.45) is 0 Å². The third-order valence-electron chi connectivity index (χ3n) is 4.84. The second kappa shape index (κ2) is 8.04. The Balaban J connectivity index is 1.80. The van der Waals surface area contributed by atoms with Gasteiger partial charge in [-0.25, -0.2) is 0 Å². The van der Waals surface area contributed by atoms with Crippen molar-refractivity contribution in [2.75, 3.05) is 14.2 Å². The second-order valence-electron chi connectivity index (χ2n) is 6.47. The van der Waals surface area contributed by atoms with E-state index in [1.54, 1.807) is 19.1 Å². The number of methoxy groups -OCH3 is 2. The predicted octanol–water partition coefficient (Wildman–Crippen LogP) is 2.66. The summed E-state index contributed by atoms with van der Waals surface area (Å²) < 4.78 is 10.4. The maximum absolute atomic E-state index is 12.1. The van der Waals surface area contributed by atoms with Gasteiger partial charge in [0.1, 0.15) is 17.8 Å². The summed E-state index contributed by atoms with van der Waals surface area (Å²) in [5.41, 5.74) is 2.21. The van der Waals surface area contributed by atoms with E-state index in [1.165, 1.54) is 0 Å². The van der Waals surface area contributed by atoms with E-state index in [-0.39, 0.29) is 18.0 Å². The number of β-lactam (4-membered cyclic amide) rings is 1. The average Bonchev–Trinajstić information content (AvgIpc) is 2.67. The summed E-state index contributed by atoms with van der Waals surface area (Å²) in [7, 11) is 3.27. The molecular weight excluding hydrogens is 330 g/mol. The van der Waals surface area contributed by atoms with E-state index in [4.69, 9.17) is 9.47 Å². The number of hydrogen-bond acceptors (Lipinski definition) is 4. The zero-order chi connectivity index (χ0) is 18.5. The molecule has 26 heavy (non-hydrogen) atoms. The average molecular weight is 353 g/mol. The summed E-state index contributed by atoms with van der Waals surface area (Å²) in [4.78, 5) is 25.2. The fourth-order valence-electron chi connectivity index (χ4n) is 3.38. The van der Waals surface area contributed by atoms with Crippen LogP contribution in [0.25, 0.3) is 0 Å². The lowest BCUT2D eigenvalue weighted by atomic mass is 9.91. The van der Waals surface area contributed by atoms with Crippen LogP contribution in [0.4, 0.5) is 0 Å². The maximum Gasteiger partial charge on any atom is 0.225 e. The number of hydrogen-bond donors (Lipinski definition) is 0. The molecule has 0 bridgehead atoms. The molecular formula is C21H23NO4. The first-order valence-electron chi connectivity index (χ1n) is 8.67. The Bertz CT molecular complexity index is 705. The molecule has 0 aromatic heterocycles. The summed E-state index contributed by atoms with van der Waals surface area (Å²) in [5.74, 6) is 1.63. The van der Waals surface area contributed by atoms with Crippen LogP contribution in [0.2, 0.25) is 0 Å². The van der Waals surface area contributed by atoms with E-state index < -0.39 is 0 Å². The Labute approximate surface area is 153 Å². The van der Waals surface area contributed by atoms with Gasteiger partial charge in [-0.3, -0.25) is 4.79 Å². The van der Waals surface area contributed by atoms with E-state index in [1.807, 2.05) is 48.5 Å². The van der Waals surface area contributed by atoms with Gasteiger partial charge in [0.15, 0.2) is 0 Å². The molecule has 1 atom stereocenters. The van der Waals surface area contributed by atoms with Crippen molar-refractivity contribution in [3.63, 3.8) is 0 Å². The lowest BCUT2D eigenvalue weighted by Gasteiger charge is -2.43. The molecule has 0 radical (unpaired) electrons. The molecule has 2 aromatic rings. The topological polar surface area (TPSA) is 55.8 Å². The summed E-state index contributed by atoms with van der Waals surface area (Å²) in [6.45, 7) is 0. The van der Waals surface area contributed by atoms with Crippen molar-refractivity contribution in [1.82, 2.24) is 4.90 Å². The molecule has 0 aliphatic carbocycles. The molecule has 5 nitrogen and oxygen atoms in total. The van der Waals surface area contributed by atoms with Crippen LogP contribution in [0.1, 0.15) is 17.5 Å². The summed E-state index contributed by atoms with van der Waals surface area (Å²) in [6.07, 6.45) is 2.56. The SMILES string of the molecule is COc1ccc(CC(Cc2ccc(OC)cc2)N2C(=O)CC2C=O)cc1. The van der Waals surface area contributed by atoms with E-state index >= 15 is 0 Å². The third-order valence-corrected chi connectivity index (χ3v) is 4.84.